The van der Waals surface area contributed by atoms with E-state index in [1.807, 2.05) is 56.6 Å². The fourth-order valence-electron chi connectivity index (χ4n) is 3.72. The number of nitrogens with one attached hydrogen (secondary N) is 1. The van der Waals surface area contributed by atoms with Crippen LogP contribution in [0.5, 0.6) is 5.75 Å². The monoisotopic (exact) mass is 423 g/mol. The van der Waals surface area contributed by atoms with E-state index in [-0.39, 0.29) is 11.8 Å². The molecule has 1 atom stereocenters. The maximum Gasteiger partial charge on any atom is 0.234 e. The second kappa shape index (κ2) is 8.32. The molecule has 0 radical (unpaired) electrons. The Hall–Kier alpha value is -3.12. The highest BCUT2D eigenvalue weighted by Gasteiger charge is 2.29. The molecule has 2 amide bonds. The van der Waals surface area contributed by atoms with Crippen LogP contribution in [0.1, 0.15) is 35.6 Å². The second-order valence-electron chi connectivity index (χ2n) is 7.49. The number of benzene rings is 2. The van der Waals surface area contributed by atoms with Gasteiger partial charge in [-0.15, -0.1) is 0 Å². The van der Waals surface area contributed by atoms with E-state index in [0.717, 1.165) is 33.7 Å². The van der Waals surface area contributed by atoms with Crippen molar-refractivity contribution in [3.05, 3.63) is 70.5 Å². The first-order valence-corrected chi connectivity index (χ1v) is 10.1. The molecule has 1 saturated heterocycles. The molecule has 6 nitrogen and oxygen atoms in total. The molecule has 2 heterocycles. The molecule has 0 spiro atoms. The standard InChI is InChI=1S/C23H22ClN3O3/c1-14-11-17(30-13-16-9-10-27(2)26-16)4-5-18(14)15-3-7-21(24)20(12-15)19-6-8-22(28)25-23(19)29/h3-5,7,9-12,19H,6,8,13H2,1-2H3,(H,25,28,29). The van der Waals surface area contributed by atoms with Gasteiger partial charge in [-0.05, 0) is 65.9 Å². The van der Waals surface area contributed by atoms with Crippen molar-refractivity contribution in [2.75, 3.05) is 0 Å². The van der Waals surface area contributed by atoms with E-state index in [2.05, 4.69) is 10.4 Å². The van der Waals surface area contributed by atoms with Crippen LogP contribution < -0.4 is 10.1 Å². The summed E-state index contributed by atoms with van der Waals surface area (Å²) in [6.45, 7) is 2.42. The summed E-state index contributed by atoms with van der Waals surface area (Å²) in [5, 5.41) is 7.24. The number of carbonyl (C=O) groups excluding carboxylic acids is 2. The summed E-state index contributed by atoms with van der Waals surface area (Å²) in [7, 11) is 1.87. The number of nitrogens with zero attached hydrogens (tertiary/aromatic N) is 2. The number of imide groups is 1. The predicted molar refractivity (Wildman–Crippen MR) is 114 cm³/mol. The van der Waals surface area contributed by atoms with E-state index in [4.69, 9.17) is 16.3 Å². The first-order valence-electron chi connectivity index (χ1n) is 9.76. The number of ether oxygens (including phenoxy) is 1. The van der Waals surface area contributed by atoms with Crippen LogP contribution in [0.3, 0.4) is 0 Å². The van der Waals surface area contributed by atoms with Gasteiger partial charge in [0.2, 0.25) is 11.8 Å². The molecule has 7 heteroatoms. The molecule has 1 fully saturated rings. The first kappa shape index (κ1) is 20.2. The SMILES string of the molecule is Cc1cc(OCc2ccn(C)n2)ccc1-c1ccc(Cl)c(C2CCC(=O)NC2=O)c1. The van der Waals surface area contributed by atoms with Gasteiger partial charge in [0.05, 0.1) is 11.6 Å². The van der Waals surface area contributed by atoms with Gasteiger partial charge in [0.1, 0.15) is 12.4 Å². The van der Waals surface area contributed by atoms with E-state index in [9.17, 15) is 9.59 Å². The molecule has 3 aromatic rings. The summed E-state index contributed by atoms with van der Waals surface area (Å²) in [6, 6.07) is 13.5. The second-order valence-corrected chi connectivity index (χ2v) is 7.89. The highest BCUT2D eigenvalue weighted by molar-refractivity contribution is 6.31. The van der Waals surface area contributed by atoms with Crippen molar-refractivity contribution >= 4 is 23.4 Å². The minimum Gasteiger partial charge on any atom is -0.487 e. The van der Waals surface area contributed by atoms with Crippen LogP contribution in [0.25, 0.3) is 11.1 Å². The van der Waals surface area contributed by atoms with Gasteiger partial charge in [0.15, 0.2) is 0 Å². The molecule has 1 aliphatic heterocycles. The Balaban J connectivity index is 1.56. The van der Waals surface area contributed by atoms with Gasteiger partial charge in [0, 0.05) is 24.7 Å². The van der Waals surface area contributed by atoms with Crippen molar-refractivity contribution in [2.45, 2.75) is 32.3 Å². The summed E-state index contributed by atoms with van der Waals surface area (Å²) in [5.74, 6) is -0.182. The third-order valence-corrected chi connectivity index (χ3v) is 5.62. The molecule has 30 heavy (non-hydrogen) atoms. The van der Waals surface area contributed by atoms with E-state index in [1.165, 1.54) is 0 Å². The zero-order valence-electron chi connectivity index (χ0n) is 16.8. The maximum absolute atomic E-state index is 12.3. The van der Waals surface area contributed by atoms with Crippen molar-refractivity contribution in [1.29, 1.82) is 0 Å². The van der Waals surface area contributed by atoms with Crippen molar-refractivity contribution < 1.29 is 14.3 Å². The van der Waals surface area contributed by atoms with Gasteiger partial charge in [-0.25, -0.2) is 0 Å². The fraction of sp³-hybridized carbons (Fsp3) is 0.261. The minimum atomic E-state index is -0.420. The predicted octanol–water partition coefficient (Wildman–Crippen LogP) is 4.15. The van der Waals surface area contributed by atoms with Gasteiger partial charge >= 0.3 is 0 Å². The number of amides is 2. The van der Waals surface area contributed by atoms with Crippen LogP contribution in [0.2, 0.25) is 5.02 Å². The van der Waals surface area contributed by atoms with Gasteiger partial charge < -0.3 is 4.74 Å². The molecule has 0 bridgehead atoms. The highest BCUT2D eigenvalue weighted by Crippen LogP contribution is 2.35. The van der Waals surface area contributed by atoms with Crippen LogP contribution in [0, 0.1) is 6.92 Å². The maximum atomic E-state index is 12.3. The molecule has 0 saturated carbocycles. The number of halogens is 1. The van der Waals surface area contributed by atoms with Gasteiger partial charge in [-0.2, -0.15) is 5.10 Å². The zero-order chi connectivity index (χ0) is 21.3. The number of hydrogen-bond donors (Lipinski definition) is 1. The van der Waals surface area contributed by atoms with Crippen molar-refractivity contribution in [3.63, 3.8) is 0 Å². The molecular weight excluding hydrogens is 402 g/mol. The fourth-order valence-corrected chi connectivity index (χ4v) is 3.97. The Labute approximate surface area is 179 Å². The Morgan fingerprint density at radius 3 is 2.73 bits per heavy atom. The van der Waals surface area contributed by atoms with Crippen LogP contribution in [-0.2, 0) is 23.2 Å². The molecule has 1 N–H and O–H groups in total. The molecule has 154 valence electrons. The summed E-state index contributed by atoms with van der Waals surface area (Å²) < 4.78 is 7.60. The van der Waals surface area contributed by atoms with E-state index in [1.54, 1.807) is 10.7 Å². The van der Waals surface area contributed by atoms with Crippen LogP contribution in [-0.4, -0.2) is 21.6 Å². The van der Waals surface area contributed by atoms with Gasteiger partial charge in [0.25, 0.3) is 0 Å². The zero-order valence-corrected chi connectivity index (χ0v) is 17.6. The van der Waals surface area contributed by atoms with Crippen molar-refractivity contribution in [3.8, 4) is 16.9 Å². The first-order chi connectivity index (χ1) is 14.4. The van der Waals surface area contributed by atoms with Crippen molar-refractivity contribution in [1.82, 2.24) is 15.1 Å². The summed E-state index contributed by atoms with van der Waals surface area (Å²) in [4.78, 5) is 23.8. The van der Waals surface area contributed by atoms with Crippen LogP contribution in [0.15, 0.2) is 48.7 Å². The number of rotatable bonds is 5. The minimum absolute atomic E-state index is 0.235. The Bertz CT molecular complexity index is 1120. The average molecular weight is 424 g/mol. The number of aryl methyl sites for hydroxylation is 2. The molecule has 0 aliphatic carbocycles. The van der Waals surface area contributed by atoms with E-state index >= 15 is 0 Å². The molecule has 2 aromatic carbocycles. The average Bonchev–Trinajstić information content (AvgIpc) is 3.13. The van der Waals surface area contributed by atoms with Crippen LogP contribution >= 0.6 is 11.6 Å². The lowest BCUT2D eigenvalue weighted by atomic mass is 9.88. The lowest BCUT2D eigenvalue weighted by Crippen LogP contribution is -2.39. The normalized spacial score (nSPS) is 16.4. The summed E-state index contributed by atoms with van der Waals surface area (Å²) in [5.41, 5.74) is 4.66. The number of carbonyl (C=O) groups is 2. The summed E-state index contributed by atoms with van der Waals surface area (Å²) in [6.07, 6.45) is 2.67. The lowest BCUT2D eigenvalue weighted by Gasteiger charge is -2.22. The molecular formula is C23H22ClN3O3. The van der Waals surface area contributed by atoms with Gasteiger partial charge in [-0.1, -0.05) is 23.7 Å². The van der Waals surface area contributed by atoms with Crippen LogP contribution in [0.4, 0.5) is 0 Å². The number of hydrogen-bond acceptors (Lipinski definition) is 4. The third kappa shape index (κ3) is 4.24. The highest BCUT2D eigenvalue weighted by atomic mass is 35.5. The quantitative estimate of drug-likeness (QED) is 0.626. The van der Waals surface area contributed by atoms with E-state index in [0.29, 0.717) is 24.5 Å². The Morgan fingerprint density at radius 1 is 1.20 bits per heavy atom. The Morgan fingerprint density at radius 2 is 2.03 bits per heavy atom. The Kier molecular flexibility index (Phi) is 5.59. The smallest absolute Gasteiger partial charge is 0.234 e. The topological polar surface area (TPSA) is 73.2 Å². The number of piperidine rings is 1. The summed E-state index contributed by atoms with van der Waals surface area (Å²) >= 11 is 6.39. The molecule has 1 unspecified atom stereocenters. The molecule has 1 aliphatic rings. The number of aromatic nitrogens is 2. The van der Waals surface area contributed by atoms with Gasteiger partial charge in [-0.3, -0.25) is 19.6 Å². The molecule has 1 aromatic heterocycles. The largest absolute Gasteiger partial charge is 0.487 e. The third-order valence-electron chi connectivity index (χ3n) is 5.28. The van der Waals surface area contributed by atoms with Crippen molar-refractivity contribution in [2.24, 2.45) is 7.05 Å². The van der Waals surface area contributed by atoms with E-state index < -0.39 is 5.92 Å². The lowest BCUT2D eigenvalue weighted by molar-refractivity contribution is -0.134. The molecule has 4 rings (SSSR count).